The lowest BCUT2D eigenvalue weighted by Gasteiger charge is -2.24. The molecule has 0 bridgehead atoms. The molecular formula is C22H28N4O2. The van der Waals surface area contributed by atoms with E-state index in [1.54, 1.807) is 0 Å². The maximum absolute atomic E-state index is 13.5. The number of carbonyl (C=O) groups excluding carboxylic acids is 1. The molecule has 0 aliphatic heterocycles. The minimum atomic E-state index is -0.00392. The summed E-state index contributed by atoms with van der Waals surface area (Å²) in [5.74, 6) is -0.00392. The Labute approximate surface area is 166 Å². The van der Waals surface area contributed by atoms with Crippen LogP contribution in [0.3, 0.4) is 0 Å². The maximum atomic E-state index is 13.5. The molecule has 0 saturated heterocycles. The third-order valence-electron chi connectivity index (χ3n) is 4.79. The highest BCUT2D eigenvalue weighted by atomic mass is 16.5. The summed E-state index contributed by atoms with van der Waals surface area (Å²) in [5, 5.41) is 4.75. The lowest BCUT2D eigenvalue weighted by molar-refractivity contribution is 0.0747. The first-order valence-electron chi connectivity index (χ1n) is 9.68. The number of hydrogen-bond acceptors (Lipinski definition) is 5. The zero-order valence-electron chi connectivity index (χ0n) is 17.3. The summed E-state index contributed by atoms with van der Waals surface area (Å²) in [6.07, 6.45) is 0.904. The predicted molar refractivity (Wildman–Crippen MR) is 111 cm³/mol. The summed E-state index contributed by atoms with van der Waals surface area (Å²) in [6.45, 7) is 8.17. The highest BCUT2D eigenvalue weighted by Gasteiger charge is 2.23. The van der Waals surface area contributed by atoms with Gasteiger partial charge < -0.3 is 14.3 Å². The number of likely N-dealkylation sites (N-methyl/N-ethyl adjacent to an activating group) is 1. The van der Waals surface area contributed by atoms with Crippen LogP contribution < -0.4 is 0 Å². The van der Waals surface area contributed by atoms with Crippen LogP contribution in [0, 0.1) is 13.8 Å². The third-order valence-corrected chi connectivity index (χ3v) is 4.79. The van der Waals surface area contributed by atoms with Crippen LogP contribution in [0.2, 0.25) is 0 Å². The Morgan fingerprint density at radius 1 is 1.07 bits per heavy atom. The molecule has 1 aromatic carbocycles. The van der Waals surface area contributed by atoms with E-state index in [9.17, 15) is 4.79 Å². The quantitative estimate of drug-likeness (QED) is 0.622. The van der Waals surface area contributed by atoms with Crippen molar-refractivity contribution in [2.24, 2.45) is 0 Å². The number of aromatic nitrogens is 2. The Bertz CT molecular complexity index is 961. The largest absolute Gasteiger partial charge is 0.337 e. The average molecular weight is 380 g/mol. The van der Waals surface area contributed by atoms with E-state index < -0.39 is 0 Å². The fourth-order valence-corrected chi connectivity index (χ4v) is 3.21. The van der Waals surface area contributed by atoms with Crippen molar-refractivity contribution < 1.29 is 9.32 Å². The topological polar surface area (TPSA) is 62.5 Å². The van der Waals surface area contributed by atoms with E-state index in [1.165, 1.54) is 5.56 Å². The lowest BCUT2D eigenvalue weighted by atomic mass is 10.0. The van der Waals surface area contributed by atoms with Gasteiger partial charge in [-0.15, -0.1) is 0 Å². The van der Waals surface area contributed by atoms with Gasteiger partial charge in [-0.05, 0) is 40.4 Å². The molecule has 0 aliphatic carbocycles. The SMILES string of the molecule is CCCN(CCN(C)C)C(=O)c1cc(-c2ccc(C)cc2)nc2onc(C)c12. The van der Waals surface area contributed by atoms with E-state index in [4.69, 9.17) is 4.52 Å². The number of pyridine rings is 1. The van der Waals surface area contributed by atoms with Crippen LogP contribution in [-0.4, -0.2) is 59.6 Å². The van der Waals surface area contributed by atoms with Gasteiger partial charge in [0.1, 0.15) is 0 Å². The molecule has 0 unspecified atom stereocenters. The van der Waals surface area contributed by atoms with Crippen molar-refractivity contribution in [3.8, 4) is 11.3 Å². The zero-order chi connectivity index (χ0) is 20.3. The number of benzene rings is 1. The molecule has 28 heavy (non-hydrogen) atoms. The van der Waals surface area contributed by atoms with Gasteiger partial charge in [0.05, 0.1) is 22.3 Å². The van der Waals surface area contributed by atoms with E-state index >= 15 is 0 Å². The molecule has 0 aliphatic rings. The van der Waals surface area contributed by atoms with Gasteiger partial charge >= 0.3 is 0 Å². The van der Waals surface area contributed by atoms with E-state index in [0.29, 0.717) is 35.4 Å². The molecule has 0 saturated carbocycles. The molecule has 148 valence electrons. The van der Waals surface area contributed by atoms with Gasteiger partial charge in [-0.1, -0.05) is 41.9 Å². The molecular weight excluding hydrogens is 352 g/mol. The maximum Gasteiger partial charge on any atom is 0.259 e. The summed E-state index contributed by atoms with van der Waals surface area (Å²) >= 11 is 0. The second-order valence-corrected chi connectivity index (χ2v) is 7.46. The standard InChI is InChI=1S/C22H28N4O2/c1-6-11-26(13-12-25(4)5)22(27)18-14-19(17-9-7-15(2)8-10-17)23-21-20(18)16(3)24-28-21/h7-10,14H,6,11-13H2,1-5H3. The highest BCUT2D eigenvalue weighted by molar-refractivity contribution is 6.07. The zero-order valence-corrected chi connectivity index (χ0v) is 17.3. The van der Waals surface area contributed by atoms with Gasteiger partial charge in [-0.25, -0.2) is 4.98 Å². The molecule has 0 radical (unpaired) electrons. The monoisotopic (exact) mass is 380 g/mol. The predicted octanol–water partition coefficient (Wildman–Crippen LogP) is 3.92. The molecule has 2 heterocycles. The lowest BCUT2D eigenvalue weighted by Crippen LogP contribution is -2.37. The van der Waals surface area contributed by atoms with Crippen molar-refractivity contribution in [2.45, 2.75) is 27.2 Å². The normalized spacial score (nSPS) is 11.4. The molecule has 3 aromatic rings. The van der Waals surface area contributed by atoms with Crippen LogP contribution in [0.15, 0.2) is 34.9 Å². The van der Waals surface area contributed by atoms with Crippen LogP contribution in [0.5, 0.6) is 0 Å². The summed E-state index contributed by atoms with van der Waals surface area (Å²) in [6, 6.07) is 9.97. The number of amides is 1. The molecule has 0 spiro atoms. The molecule has 6 heteroatoms. The first kappa shape index (κ1) is 20.0. The van der Waals surface area contributed by atoms with Crippen LogP contribution in [0.25, 0.3) is 22.4 Å². The summed E-state index contributed by atoms with van der Waals surface area (Å²) in [5.41, 5.74) is 4.54. The van der Waals surface area contributed by atoms with Crippen LogP contribution in [0.1, 0.15) is 35.0 Å². The van der Waals surface area contributed by atoms with Gasteiger partial charge in [0.15, 0.2) is 0 Å². The van der Waals surface area contributed by atoms with Crippen LogP contribution in [0.4, 0.5) is 0 Å². The van der Waals surface area contributed by atoms with E-state index in [-0.39, 0.29) is 5.91 Å². The van der Waals surface area contributed by atoms with Gasteiger partial charge in [0, 0.05) is 25.2 Å². The minimum absolute atomic E-state index is 0.00392. The highest BCUT2D eigenvalue weighted by Crippen LogP contribution is 2.28. The van der Waals surface area contributed by atoms with Gasteiger partial charge in [0.2, 0.25) is 0 Å². The van der Waals surface area contributed by atoms with Gasteiger partial charge in [-0.2, -0.15) is 0 Å². The minimum Gasteiger partial charge on any atom is -0.337 e. The number of rotatable bonds is 7. The molecule has 0 atom stereocenters. The Morgan fingerprint density at radius 2 is 1.79 bits per heavy atom. The Morgan fingerprint density at radius 3 is 2.43 bits per heavy atom. The summed E-state index contributed by atoms with van der Waals surface area (Å²) < 4.78 is 5.42. The van der Waals surface area contributed by atoms with E-state index in [0.717, 1.165) is 24.2 Å². The summed E-state index contributed by atoms with van der Waals surface area (Å²) in [4.78, 5) is 22.1. The number of hydrogen-bond donors (Lipinski definition) is 0. The second kappa shape index (κ2) is 8.52. The fraction of sp³-hybridized carbons (Fsp3) is 0.409. The van der Waals surface area contributed by atoms with E-state index in [2.05, 4.69) is 22.0 Å². The van der Waals surface area contributed by atoms with Crippen LogP contribution in [-0.2, 0) is 0 Å². The Kier molecular flexibility index (Phi) is 6.09. The van der Waals surface area contributed by atoms with Crippen molar-refractivity contribution in [3.05, 3.63) is 47.2 Å². The molecule has 2 aromatic heterocycles. The van der Waals surface area contributed by atoms with Gasteiger partial charge in [-0.3, -0.25) is 4.79 Å². The van der Waals surface area contributed by atoms with Gasteiger partial charge in [0.25, 0.3) is 11.6 Å². The first-order chi connectivity index (χ1) is 13.4. The Hall–Kier alpha value is -2.73. The number of aryl methyl sites for hydroxylation is 2. The van der Waals surface area contributed by atoms with Crippen molar-refractivity contribution in [2.75, 3.05) is 33.7 Å². The molecule has 0 N–H and O–H groups in total. The van der Waals surface area contributed by atoms with E-state index in [1.807, 2.05) is 63.2 Å². The number of fused-ring (bicyclic) bond motifs is 1. The first-order valence-corrected chi connectivity index (χ1v) is 9.68. The van der Waals surface area contributed by atoms with Crippen molar-refractivity contribution in [1.82, 2.24) is 19.9 Å². The molecule has 0 fully saturated rings. The van der Waals surface area contributed by atoms with Crippen LogP contribution >= 0.6 is 0 Å². The summed E-state index contributed by atoms with van der Waals surface area (Å²) in [7, 11) is 4.03. The molecule has 1 amide bonds. The molecule has 6 nitrogen and oxygen atoms in total. The molecule has 3 rings (SSSR count). The number of carbonyl (C=O) groups is 1. The third kappa shape index (κ3) is 4.22. The van der Waals surface area contributed by atoms with Crippen molar-refractivity contribution in [1.29, 1.82) is 0 Å². The van der Waals surface area contributed by atoms with Crippen molar-refractivity contribution in [3.63, 3.8) is 0 Å². The Balaban J connectivity index is 2.07. The second-order valence-electron chi connectivity index (χ2n) is 7.46. The average Bonchev–Trinajstić information content (AvgIpc) is 3.05. The smallest absolute Gasteiger partial charge is 0.259 e. The van der Waals surface area contributed by atoms with Crippen molar-refractivity contribution >= 4 is 17.0 Å². The fourth-order valence-electron chi connectivity index (χ4n) is 3.21. The number of nitrogens with zero attached hydrogens (tertiary/aromatic N) is 4.